The highest BCUT2D eigenvalue weighted by molar-refractivity contribution is 5.94. The number of rotatable bonds is 6. The predicted molar refractivity (Wildman–Crippen MR) is 110 cm³/mol. The number of carbonyl (C=O) groups is 1. The summed E-state index contributed by atoms with van der Waals surface area (Å²) < 4.78 is 0. The minimum Gasteiger partial charge on any atom is -0.340 e. The van der Waals surface area contributed by atoms with Gasteiger partial charge in [0.2, 0.25) is 0 Å². The Labute approximate surface area is 159 Å². The molecule has 3 aromatic rings. The SMILES string of the molecule is CC(=O)c1ccc(Nc2cc(Nc3ccc(C(C)C)cc3)nc(C)n2)cc1. The lowest BCUT2D eigenvalue weighted by Gasteiger charge is -2.11. The fourth-order valence-electron chi connectivity index (χ4n) is 2.73. The van der Waals surface area contributed by atoms with Gasteiger partial charge >= 0.3 is 0 Å². The Bertz CT molecular complexity index is 932. The van der Waals surface area contributed by atoms with E-state index < -0.39 is 0 Å². The second kappa shape index (κ2) is 7.99. The van der Waals surface area contributed by atoms with Gasteiger partial charge in [-0.15, -0.1) is 0 Å². The van der Waals surface area contributed by atoms with Gasteiger partial charge in [0.1, 0.15) is 17.5 Å². The van der Waals surface area contributed by atoms with Crippen molar-refractivity contribution in [2.75, 3.05) is 10.6 Å². The number of Topliss-reactive ketones (excluding diaryl/α,β-unsaturated/α-hetero) is 1. The van der Waals surface area contributed by atoms with E-state index in [1.165, 1.54) is 5.56 Å². The quantitative estimate of drug-likeness (QED) is 0.560. The normalized spacial score (nSPS) is 10.7. The molecule has 0 radical (unpaired) electrons. The van der Waals surface area contributed by atoms with E-state index >= 15 is 0 Å². The van der Waals surface area contributed by atoms with Crippen LogP contribution in [0.3, 0.4) is 0 Å². The van der Waals surface area contributed by atoms with Crippen LogP contribution in [0.5, 0.6) is 0 Å². The minimum atomic E-state index is 0.0504. The van der Waals surface area contributed by atoms with E-state index in [1.807, 2.05) is 25.1 Å². The van der Waals surface area contributed by atoms with Crippen molar-refractivity contribution in [1.29, 1.82) is 0 Å². The summed E-state index contributed by atoms with van der Waals surface area (Å²) >= 11 is 0. The predicted octanol–water partition coefficient (Wildman–Crippen LogP) is 5.60. The average molecular weight is 360 g/mol. The second-order valence-corrected chi connectivity index (χ2v) is 6.85. The first kappa shape index (κ1) is 18.6. The minimum absolute atomic E-state index is 0.0504. The van der Waals surface area contributed by atoms with Crippen LogP contribution in [0.4, 0.5) is 23.0 Å². The maximum Gasteiger partial charge on any atom is 0.159 e. The first-order chi connectivity index (χ1) is 12.9. The van der Waals surface area contributed by atoms with Crippen LogP contribution in [0.1, 0.15) is 48.4 Å². The number of ketones is 1. The van der Waals surface area contributed by atoms with Crippen molar-refractivity contribution in [2.24, 2.45) is 0 Å². The van der Waals surface area contributed by atoms with Crippen molar-refractivity contribution in [3.63, 3.8) is 0 Å². The molecule has 0 aliphatic rings. The maximum absolute atomic E-state index is 11.4. The lowest BCUT2D eigenvalue weighted by Crippen LogP contribution is -2.02. The second-order valence-electron chi connectivity index (χ2n) is 6.85. The molecule has 1 aromatic heterocycles. The van der Waals surface area contributed by atoms with Crippen molar-refractivity contribution >= 4 is 28.8 Å². The fourth-order valence-corrected chi connectivity index (χ4v) is 2.73. The fraction of sp³-hybridized carbons (Fsp3) is 0.227. The maximum atomic E-state index is 11.4. The Balaban J connectivity index is 1.76. The van der Waals surface area contributed by atoms with E-state index in [9.17, 15) is 4.79 Å². The first-order valence-electron chi connectivity index (χ1n) is 9.01. The van der Waals surface area contributed by atoms with Crippen LogP contribution >= 0.6 is 0 Å². The van der Waals surface area contributed by atoms with Gasteiger partial charge in [-0.05, 0) is 61.7 Å². The lowest BCUT2D eigenvalue weighted by molar-refractivity contribution is 0.101. The summed E-state index contributed by atoms with van der Waals surface area (Å²) in [6.07, 6.45) is 0. The van der Waals surface area contributed by atoms with E-state index in [2.05, 4.69) is 58.7 Å². The van der Waals surface area contributed by atoms with Gasteiger partial charge in [-0.3, -0.25) is 4.79 Å². The molecule has 0 amide bonds. The van der Waals surface area contributed by atoms with E-state index in [1.54, 1.807) is 19.1 Å². The van der Waals surface area contributed by atoms with Gasteiger partial charge in [0.05, 0.1) is 0 Å². The Hall–Kier alpha value is -3.21. The largest absolute Gasteiger partial charge is 0.340 e. The Morgan fingerprint density at radius 1 is 0.852 bits per heavy atom. The van der Waals surface area contributed by atoms with Crippen molar-refractivity contribution in [3.05, 3.63) is 71.5 Å². The summed E-state index contributed by atoms with van der Waals surface area (Å²) in [5, 5.41) is 6.58. The van der Waals surface area contributed by atoms with Crippen LogP contribution in [0.2, 0.25) is 0 Å². The number of carbonyl (C=O) groups excluding carboxylic acids is 1. The van der Waals surface area contributed by atoms with E-state index in [0.29, 0.717) is 23.1 Å². The summed E-state index contributed by atoms with van der Waals surface area (Å²) in [4.78, 5) is 20.3. The Morgan fingerprint density at radius 2 is 1.33 bits per heavy atom. The highest BCUT2D eigenvalue weighted by Crippen LogP contribution is 2.22. The number of hydrogen-bond donors (Lipinski definition) is 2. The van der Waals surface area contributed by atoms with Gasteiger partial charge < -0.3 is 10.6 Å². The first-order valence-corrected chi connectivity index (χ1v) is 9.01. The Kier molecular flexibility index (Phi) is 5.50. The number of aromatic nitrogens is 2. The molecule has 3 rings (SSSR count). The zero-order chi connectivity index (χ0) is 19.4. The Morgan fingerprint density at radius 3 is 1.78 bits per heavy atom. The standard InChI is InChI=1S/C22H24N4O/c1-14(2)17-5-9-19(10-6-17)25-21-13-22(24-16(4)23-21)26-20-11-7-18(8-12-20)15(3)27/h5-14H,1-4H3,(H2,23,24,25,26). The third-order valence-corrected chi connectivity index (χ3v) is 4.25. The molecule has 0 unspecified atom stereocenters. The van der Waals surface area contributed by atoms with Crippen LogP contribution in [0.25, 0.3) is 0 Å². The molecule has 2 N–H and O–H groups in total. The van der Waals surface area contributed by atoms with Gasteiger partial charge in [0.25, 0.3) is 0 Å². The van der Waals surface area contributed by atoms with Gasteiger partial charge in [0, 0.05) is 23.0 Å². The molecule has 1 heterocycles. The number of aryl methyl sites for hydroxylation is 1. The number of anilines is 4. The molecule has 0 aliphatic carbocycles. The summed E-state index contributed by atoms with van der Waals surface area (Å²) in [6.45, 7) is 7.77. The van der Waals surface area contributed by atoms with Gasteiger partial charge in [-0.25, -0.2) is 9.97 Å². The van der Waals surface area contributed by atoms with Crippen LogP contribution in [0.15, 0.2) is 54.6 Å². The molecule has 5 heteroatoms. The van der Waals surface area contributed by atoms with Crippen LogP contribution in [0, 0.1) is 6.92 Å². The van der Waals surface area contributed by atoms with Crippen LogP contribution < -0.4 is 10.6 Å². The molecule has 0 atom stereocenters. The molecular formula is C22H24N4O. The van der Waals surface area contributed by atoms with E-state index in [-0.39, 0.29) is 5.78 Å². The summed E-state index contributed by atoms with van der Waals surface area (Å²) in [5.74, 6) is 2.64. The topological polar surface area (TPSA) is 66.9 Å². The average Bonchev–Trinajstić information content (AvgIpc) is 2.62. The third kappa shape index (κ3) is 4.91. The van der Waals surface area contributed by atoms with Crippen molar-refractivity contribution in [3.8, 4) is 0 Å². The molecule has 0 bridgehead atoms. The smallest absolute Gasteiger partial charge is 0.159 e. The molecule has 0 saturated heterocycles. The summed E-state index contributed by atoms with van der Waals surface area (Å²) in [5.41, 5.74) is 3.84. The van der Waals surface area contributed by atoms with Crippen molar-refractivity contribution < 1.29 is 4.79 Å². The molecule has 5 nitrogen and oxygen atoms in total. The third-order valence-electron chi connectivity index (χ3n) is 4.25. The lowest BCUT2D eigenvalue weighted by atomic mass is 10.0. The highest BCUT2D eigenvalue weighted by Gasteiger charge is 2.05. The van der Waals surface area contributed by atoms with E-state index in [0.717, 1.165) is 17.2 Å². The van der Waals surface area contributed by atoms with Gasteiger partial charge in [-0.2, -0.15) is 0 Å². The number of benzene rings is 2. The number of nitrogens with zero attached hydrogens (tertiary/aromatic N) is 2. The molecule has 138 valence electrons. The zero-order valence-corrected chi connectivity index (χ0v) is 16.1. The molecule has 0 aliphatic heterocycles. The van der Waals surface area contributed by atoms with E-state index in [4.69, 9.17) is 0 Å². The molecular weight excluding hydrogens is 336 g/mol. The van der Waals surface area contributed by atoms with Crippen molar-refractivity contribution in [1.82, 2.24) is 9.97 Å². The number of hydrogen-bond acceptors (Lipinski definition) is 5. The highest BCUT2D eigenvalue weighted by atomic mass is 16.1. The summed E-state index contributed by atoms with van der Waals surface area (Å²) in [6, 6.07) is 17.6. The van der Waals surface area contributed by atoms with Crippen LogP contribution in [-0.4, -0.2) is 15.8 Å². The number of nitrogens with one attached hydrogen (secondary N) is 2. The van der Waals surface area contributed by atoms with Gasteiger partial charge in [0.15, 0.2) is 5.78 Å². The zero-order valence-electron chi connectivity index (χ0n) is 16.1. The van der Waals surface area contributed by atoms with Crippen molar-refractivity contribution in [2.45, 2.75) is 33.6 Å². The molecule has 0 fully saturated rings. The monoisotopic (exact) mass is 360 g/mol. The van der Waals surface area contributed by atoms with Gasteiger partial charge in [-0.1, -0.05) is 26.0 Å². The molecule has 2 aromatic carbocycles. The molecule has 0 spiro atoms. The molecule has 27 heavy (non-hydrogen) atoms. The van der Waals surface area contributed by atoms with Crippen LogP contribution in [-0.2, 0) is 0 Å². The molecule has 0 saturated carbocycles. The summed E-state index contributed by atoms with van der Waals surface area (Å²) in [7, 11) is 0.